The van der Waals surface area contributed by atoms with Gasteiger partial charge in [0, 0.05) is 0 Å². The molecule has 1 aromatic rings. The molecule has 0 aliphatic heterocycles. The van der Waals surface area contributed by atoms with Crippen molar-refractivity contribution in [1.29, 1.82) is 0 Å². The number of aliphatic hydroxyl groups is 1. The van der Waals surface area contributed by atoms with E-state index in [9.17, 15) is 9.90 Å². The van der Waals surface area contributed by atoms with Gasteiger partial charge < -0.3 is 9.84 Å². The lowest BCUT2D eigenvalue weighted by atomic mass is 9.67. The molecule has 1 atom stereocenters. The van der Waals surface area contributed by atoms with Crippen LogP contribution >= 0.6 is 0 Å². The van der Waals surface area contributed by atoms with Crippen LogP contribution in [0.2, 0.25) is 0 Å². The van der Waals surface area contributed by atoms with Crippen molar-refractivity contribution in [3.63, 3.8) is 0 Å². The van der Waals surface area contributed by atoms with Crippen LogP contribution in [0.15, 0.2) is 24.3 Å². The minimum absolute atomic E-state index is 0.0170. The molecule has 1 aromatic carbocycles. The van der Waals surface area contributed by atoms with Gasteiger partial charge in [0.2, 0.25) is 0 Å². The van der Waals surface area contributed by atoms with Crippen molar-refractivity contribution in [3.05, 3.63) is 35.4 Å². The predicted octanol–water partition coefficient (Wildman–Crippen LogP) is 2.12. The molecule has 0 bridgehead atoms. The number of fused-ring (bicyclic) bond motifs is 1. The topological polar surface area (TPSA) is 46.5 Å². The fraction of sp³-hybridized carbons (Fsp3) is 0.500. The molecule has 0 radical (unpaired) electrons. The Morgan fingerprint density at radius 2 is 1.82 bits per heavy atom. The summed E-state index contributed by atoms with van der Waals surface area (Å²) in [6, 6.07) is 7.56. The second-order valence-corrected chi connectivity index (χ2v) is 5.28. The van der Waals surface area contributed by atoms with Crippen LogP contribution in [0.4, 0.5) is 0 Å². The first-order chi connectivity index (χ1) is 7.92. The summed E-state index contributed by atoms with van der Waals surface area (Å²) in [6.07, 6.45) is 1.17. The molecule has 1 unspecified atom stereocenters. The Bertz CT molecular complexity index is 451. The summed E-state index contributed by atoms with van der Waals surface area (Å²) >= 11 is 0. The zero-order valence-electron chi connectivity index (χ0n) is 10.5. The van der Waals surface area contributed by atoms with Crippen molar-refractivity contribution >= 4 is 5.97 Å². The van der Waals surface area contributed by atoms with E-state index in [0.717, 1.165) is 12.0 Å². The number of hydrogen-bond donors (Lipinski definition) is 1. The van der Waals surface area contributed by atoms with Crippen LogP contribution in [0, 0.1) is 0 Å². The maximum Gasteiger partial charge on any atom is 0.342 e. The van der Waals surface area contributed by atoms with Crippen molar-refractivity contribution in [2.75, 3.05) is 7.11 Å². The third kappa shape index (κ3) is 1.75. The third-order valence-electron chi connectivity index (χ3n) is 3.74. The first kappa shape index (κ1) is 12.1. The van der Waals surface area contributed by atoms with Crippen LogP contribution in [-0.4, -0.2) is 18.2 Å². The third-order valence-corrected chi connectivity index (χ3v) is 3.74. The van der Waals surface area contributed by atoms with E-state index in [0.29, 0.717) is 12.0 Å². The van der Waals surface area contributed by atoms with Crippen LogP contribution in [0.25, 0.3) is 0 Å². The molecule has 0 fully saturated rings. The Balaban J connectivity index is 2.59. The van der Waals surface area contributed by atoms with E-state index >= 15 is 0 Å². The summed E-state index contributed by atoms with van der Waals surface area (Å²) in [5.74, 6) is -0.569. The Hall–Kier alpha value is -1.35. The molecule has 0 saturated heterocycles. The van der Waals surface area contributed by atoms with Crippen molar-refractivity contribution in [2.45, 2.75) is 37.7 Å². The van der Waals surface area contributed by atoms with Crippen molar-refractivity contribution in [1.82, 2.24) is 0 Å². The Labute approximate surface area is 101 Å². The zero-order chi connectivity index (χ0) is 12.7. The number of methoxy groups -OCH3 is 1. The van der Waals surface area contributed by atoms with Crippen LogP contribution < -0.4 is 0 Å². The molecule has 92 valence electrons. The zero-order valence-corrected chi connectivity index (χ0v) is 10.5. The molecule has 17 heavy (non-hydrogen) atoms. The van der Waals surface area contributed by atoms with Gasteiger partial charge in [0.05, 0.1) is 7.11 Å². The van der Waals surface area contributed by atoms with Gasteiger partial charge in [-0.1, -0.05) is 38.1 Å². The van der Waals surface area contributed by atoms with E-state index in [-0.39, 0.29) is 5.41 Å². The number of ether oxygens (including phenoxy) is 1. The van der Waals surface area contributed by atoms with Crippen LogP contribution in [-0.2, 0) is 20.5 Å². The fourth-order valence-corrected chi connectivity index (χ4v) is 2.58. The highest BCUT2D eigenvalue weighted by molar-refractivity contribution is 5.82. The molecule has 1 aliphatic rings. The Morgan fingerprint density at radius 3 is 2.41 bits per heavy atom. The van der Waals surface area contributed by atoms with E-state index in [1.165, 1.54) is 7.11 Å². The van der Waals surface area contributed by atoms with Gasteiger partial charge >= 0.3 is 5.97 Å². The lowest BCUT2D eigenvalue weighted by Crippen LogP contribution is -2.44. The van der Waals surface area contributed by atoms with Crippen molar-refractivity contribution in [3.8, 4) is 0 Å². The van der Waals surface area contributed by atoms with Crippen LogP contribution in [0.1, 0.15) is 37.8 Å². The smallest absolute Gasteiger partial charge is 0.342 e. The van der Waals surface area contributed by atoms with Gasteiger partial charge in [0.25, 0.3) is 0 Å². The number of esters is 1. The first-order valence-electron chi connectivity index (χ1n) is 5.82. The standard InChI is InChI=1S/C14H18O3/c1-13(2)8-9-14(16,12(15)17-3)11-7-5-4-6-10(11)13/h4-7,16H,8-9H2,1-3H3. The summed E-state index contributed by atoms with van der Waals surface area (Å²) in [5, 5.41) is 10.5. The lowest BCUT2D eigenvalue weighted by molar-refractivity contribution is -0.166. The molecule has 0 saturated carbocycles. The Kier molecular flexibility index (Phi) is 2.74. The summed E-state index contributed by atoms with van der Waals surface area (Å²) in [7, 11) is 1.31. The quantitative estimate of drug-likeness (QED) is 0.757. The van der Waals surface area contributed by atoms with Crippen molar-refractivity contribution < 1.29 is 14.6 Å². The second-order valence-electron chi connectivity index (χ2n) is 5.28. The highest BCUT2D eigenvalue weighted by atomic mass is 16.5. The number of hydrogen-bond acceptors (Lipinski definition) is 3. The molecule has 3 heteroatoms. The first-order valence-corrected chi connectivity index (χ1v) is 5.82. The highest BCUT2D eigenvalue weighted by Gasteiger charge is 2.47. The van der Waals surface area contributed by atoms with Gasteiger partial charge in [-0.25, -0.2) is 4.79 Å². The Morgan fingerprint density at radius 1 is 1.24 bits per heavy atom. The fourth-order valence-electron chi connectivity index (χ4n) is 2.58. The molecular weight excluding hydrogens is 216 g/mol. The number of carbonyl (C=O) groups excluding carboxylic acids is 1. The van der Waals surface area contributed by atoms with E-state index in [1.807, 2.05) is 24.3 Å². The van der Waals surface area contributed by atoms with Gasteiger partial charge in [-0.05, 0) is 29.4 Å². The molecule has 0 amide bonds. The lowest BCUT2D eigenvalue weighted by Gasteiger charge is -2.40. The number of rotatable bonds is 1. The maximum absolute atomic E-state index is 11.8. The van der Waals surface area contributed by atoms with E-state index in [4.69, 9.17) is 4.74 Å². The summed E-state index contributed by atoms with van der Waals surface area (Å²) in [5.41, 5.74) is 0.208. The molecule has 3 nitrogen and oxygen atoms in total. The van der Waals surface area contributed by atoms with E-state index in [1.54, 1.807) is 0 Å². The molecule has 1 N–H and O–H groups in total. The largest absolute Gasteiger partial charge is 0.467 e. The summed E-state index contributed by atoms with van der Waals surface area (Å²) < 4.78 is 4.73. The van der Waals surface area contributed by atoms with E-state index in [2.05, 4.69) is 13.8 Å². The number of benzene rings is 1. The number of carbonyl (C=O) groups is 1. The highest BCUT2D eigenvalue weighted by Crippen LogP contribution is 2.45. The summed E-state index contributed by atoms with van der Waals surface area (Å²) in [6.45, 7) is 4.26. The molecule has 0 aromatic heterocycles. The van der Waals surface area contributed by atoms with E-state index < -0.39 is 11.6 Å². The minimum Gasteiger partial charge on any atom is -0.467 e. The van der Waals surface area contributed by atoms with Gasteiger partial charge in [-0.15, -0.1) is 0 Å². The second kappa shape index (κ2) is 3.84. The maximum atomic E-state index is 11.8. The molecule has 2 rings (SSSR count). The van der Waals surface area contributed by atoms with Gasteiger partial charge in [-0.2, -0.15) is 0 Å². The molecule has 0 spiro atoms. The molecule has 1 aliphatic carbocycles. The average Bonchev–Trinajstić information content (AvgIpc) is 2.34. The molecular formula is C14H18O3. The van der Waals surface area contributed by atoms with Gasteiger partial charge in [-0.3, -0.25) is 0 Å². The summed E-state index contributed by atoms with van der Waals surface area (Å²) in [4.78, 5) is 11.8. The molecule has 0 heterocycles. The monoisotopic (exact) mass is 234 g/mol. The predicted molar refractivity (Wildman–Crippen MR) is 64.6 cm³/mol. The average molecular weight is 234 g/mol. The normalized spacial score (nSPS) is 26.1. The SMILES string of the molecule is COC(=O)C1(O)CCC(C)(C)c2ccccc21. The van der Waals surface area contributed by atoms with Gasteiger partial charge in [0.15, 0.2) is 5.60 Å². The van der Waals surface area contributed by atoms with Crippen LogP contribution in [0.3, 0.4) is 0 Å². The van der Waals surface area contributed by atoms with Gasteiger partial charge in [0.1, 0.15) is 0 Å². The van der Waals surface area contributed by atoms with Crippen LogP contribution in [0.5, 0.6) is 0 Å². The minimum atomic E-state index is -1.49. The van der Waals surface area contributed by atoms with Crippen molar-refractivity contribution in [2.24, 2.45) is 0 Å².